The van der Waals surface area contributed by atoms with Crippen molar-refractivity contribution in [2.75, 3.05) is 13.7 Å². The monoisotopic (exact) mass is 664 g/mol. The lowest BCUT2D eigenvalue weighted by molar-refractivity contribution is -0.122. The molecule has 3 N–H and O–H groups in total. The van der Waals surface area contributed by atoms with E-state index in [2.05, 4.69) is 26.2 Å². The number of rotatable bonds is 8. The standard InChI is InChI=1S/C33H31BrClFN4O3/c1-16-25(35)12-18-11-19(13-27(43-3)29(18)39-16)31(41)38-15-22(17-7-8-17)26-14-23-20(9-10-33(23,2)32(37)42)30(40-26)21-5-4-6-24(34)28(21)36/h4-6,11-14,17,22H,7-10,15H2,1-3H3,(H2,37,42)(H,38,41)/t22-,33-/m0/s1. The average Bonchev–Trinajstić information content (AvgIpc) is 3.76. The van der Waals surface area contributed by atoms with E-state index in [9.17, 15) is 9.59 Å². The molecule has 7 nitrogen and oxygen atoms in total. The molecule has 0 saturated heterocycles. The van der Waals surface area contributed by atoms with Gasteiger partial charge in [0.05, 0.1) is 33.4 Å². The molecule has 4 aromatic rings. The minimum absolute atomic E-state index is 0.137. The Bertz CT molecular complexity index is 1810. The Hall–Kier alpha value is -3.56. The van der Waals surface area contributed by atoms with Crippen molar-refractivity contribution in [1.29, 1.82) is 0 Å². The molecule has 1 fully saturated rings. The van der Waals surface area contributed by atoms with Crippen LogP contribution in [0, 0.1) is 18.7 Å². The number of primary amides is 1. The number of ether oxygens (including phenoxy) is 1. The first-order valence-corrected chi connectivity index (χ1v) is 15.4. The van der Waals surface area contributed by atoms with E-state index >= 15 is 4.39 Å². The fourth-order valence-corrected chi connectivity index (χ4v) is 6.65. The number of nitrogens with two attached hydrogens (primary N) is 1. The number of nitrogens with zero attached hydrogens (tertiary/aromatic N) is 2. The van der Waals surface area contributed by atoms with Crippen LogP contribution in [0.5, 0.6) is 5.75 Å². The fourth-order valence-electron chi connectivity index (χ4n) is 6.13. The minimum Gasteiger partial charge on any atom is -0.494 e. The summed E-state index contributed by atoms with van der Waals surface area (Å²) in [6.07, 6.45) is 3.06. The number of methoxy groups -OCH3 is 1. The van der Waals surface area contributed by atoms with Crippen molar-refractivity contribution in [2.45, 2.75) is 50.9 Å². The van der Waals surface area contributed by atoms with Crippen LogP contribution in [-0.2, 0) is 16.6 Å². The number of carbonyl (C=O) groups excluding carboxylic acids is 2. The van der Waals surface area contributed by atoms with Gasteiger partial charge in [-0.3, -0.25) is 14.6 Å². The zero-order valence-corrected chi connectivity index (χ0v) is 26.4. The molecule has 0 bridgehead atoms. The maximum absolute atomic E-state index is 15.4. The zero-order valence-electron chi connectivity index (χ0n) is 24.1. The van der Waals surface area contributed by atoms with Crippen molar-refractivity contribution in [3.05, 3.63) is 85.9 Å². The van der Waals surface area contributed by atoms with Crippen molar-refractivity contribution in [3.8, 4) is 17.0 Å². The van der Waals surface area contributed by atoms with Crippen LogP contribution in [-0.4, -0.2) is 35.4 Å². The van der Waals surface area contributed by atoms with Crippen molar-refractivity contribution in [3.63, 3.8) is 0 Å². The van der Waals surface area contributed by atoms with Gasteiger partial charge in [0.15, 0.2) is 0 Å². The lowest BCUT2D eigenvalue weighted by atomic mass is 9.82. The molecule has 2 amide bonds. The number of nitrogens with one attached hydrogen (secondary N) is 1. The van der Waals surface area contributed by atoms with E-state index in [0.717, 1.165) is 24.0 Å². The van der Waals surface area contributed by atoms with Gasteiger partial charge in [-0.05, 0) is 109 Å². The normalized spacial score (nSPS) is 18.4. The minimum atomic E-state index is -0.892. The molecule has 2 aliphatic carbocycles. The van der Waals surface area contributed by atoms with E-state index in [1.165, 1.54) is 7.11 Å². The second kappa shape index (κ2) is 11.2. The summed E-state index contributed by atoms with van der Waals surface area (Å²) in [6.45, 7) is 3.97. The van der Waals surface area contributed by atoms with Gasteiger partial charge in [0.1, 0.15) is 17.1 Å². The van der Waals surface area contributed by atoms with Crippen LogP contribution in [0.3, 0.4) is 0 Å². The molecule has 10 heteroatoms. The molecule has 43 heavy (non-hydrogen) atoms. The Morgan fingerprint density at radius 2 is 2.00 bits per heavy atom. The molecule has 2 heterocycles. The van der Waals surface area contributed by atoms with Crippen molar-refractivity contribution < 1.29 is 18.7 Å². The number of aromatic nitrogens is 2. The highest BCUT2D eigenvalue weighted by atomic mass is 79.9. The Morgan fingerprint density at radius 1 is 1.23 bits per heavy atom. The number of benzene rings is 2. The number of pyridine rings is 2. The molecule has 2 aromatic heterocycles. The van der Waals surface area contributed by atoms with Crippen LogP contribution in [0.25, 0.3) is 22.2 Å². The van der Waals surface area contributed by atoms with E-state index in [0.29, 0.717) is 79.7 Å². The first kappa shape index (κ1) is 29.5. The van der Waals surface area contributed by atoms with E-state index in [4.69, 9.17) is 27.1 Å². The summed E-state index contributed by atoms with van der Waals surface area (Å²) >= 11 is 9.62. The molecule has 2 aliphatic rings. The van der Waals surface area contributed by atoms with E-state index in [1.807, 2.05) is 19.9 Å². The Labute approximate surface area is 262 Å². The van der Waals surface area contributed by atoms with Gasteiger partial charge in [-0.2, -0.15) is 0 Å². The summed E-state index contributed by atoms with van der Waals surface area (Å²) in [7, 11) is 1.54. The van der Waals surface area contributed by atoms with E-state index in [-0.39, 0.29) is 11.8 Å². The van der Waals surface area contributed by atoms with Crippen LogP contribution in [0.2, 0.25) is 5.02 Å². The second-order valence-electron chi connectivity index (χ2n) is 11.7. The molecule has 1 saturated carbocycles. The van der Waals surface area contributed by atoms with Crippen LogP contribution in [0.4, 0.5) is 4.39 Å². The first-order chi connectivity index (χ1) is 20.5. The third kappa shape index (κ3) is 5.27. The lowest BCUT2D eigenvalue weighted by Gasteiger charge is -2.25. The number of amides is 2. The first-order valence-electron chi connectivity index (χ1n) is 14.2. The quantitative estimate of drug-likeness (QED) is 0.216. The van der Waals surface area contributed by atoms with E-state index in [1.54, 1.807) is 36.4 Å². The number of aryl methyl sites for hydroxylation is 1. The maximum Gasteiger partial charge on any atom is 0.251 e. The molecule has 222 valence electrons. The van der Waals surface area contributed by atoms with E-state index < -0.39 is 17.1 Å². The Morgan fingerprint density at radius 3 is 2.70 bits per heavy atom. The predicted molar refractivity (Wildman–Crippen MR) is 168 cm³/mol. The number of hydrogen-bond donors (Lipinski definition) is 2. The number of carbonyl (C=O) groups is 2. The average molecular weight is 666 g/mol. The SMILES string of the molecule is COc1cc(C(=O)NC[C@H](c2cc3c(c(-c4cccc(Br)c4F)n2)CC[C@]3(C)C(N)=O)C2CC2)cc2cc(Cl)c(C)nc12. The smallest absolute Gasteiger partial charge is 0.251 e. The summed E-state index contributed by atoms with van der Waals surface area (Å²) in [5.41, 5.74) is 9.97. The Balaban J connectivity index is 1.37. The molecule has 2 aromatic carbocycles. The van der Waals surface area contributed by atoms with Crippen LogP contribution in [0.1, 0.15) is 65.0 Å². The molecule has 6 rings (SSSR count). The zero-order chi connectivity index (χ0) is 30.6. The van der Waals surface area contributed by atoms with Gasteiger partial charge in [-0.25, -0.2) is 9.37 Å². The van der Waals surface area contributed by atoms with Crippen molar-refractivity contribution in [2.24, 2.45) is 11.7 Å². The molecule has 0 radical (unpaired) electrons. The van der Waals surface area contributed by atoms with Crippen LogP contribution in [0.15, 0.2) is 46.9 Å². The number of hydrogen-bond acceptors (Lipinski definition) is 5. The number of halogens is 3. The highest BCUT2D eigenvalue weighted by Crippen LogP contribution is 2.47. The Kier molecular flexibility index (Phi) is 7.67. The molecule has 0 aliphatic heterocycles. The molecule has 2 atom stereocenters. The van der Waals surface area contributed by atoms with Crippen molar-refractivity contribution >= 4 is 50.2 Å². The molecular weight excluding hydrogens is 635 g/mol. The topological polar surface area (TPSA) is 107 Å². The largest absolute Gasteiger partial charge is 0.494 e. The van der Waals surface area contributed by atoms with Gasteiger partial charge >= 0.3 is 0 Å². The summed E-state index contributed by atoms with van der Waals surface area (Å²) < 4.78 is 21.3. The van der Waals surface area contributed by atoms with Gasteiger partial charge in [-0.1, -0.05) is 17.7 Å². The molecule has 0 spiro atoms. The van der Waals surface area contributed by atoms with Gasteiger partial charge in [0.2, 0.25) is 5.91 Å². The molecule has 0 unspecified atom stereocenters. The predicted octanol–water partition coefficient (Wildman–Crippen LogP) is 6.78. The van der Waals surface area contributed by atoms with Crippen molar-refractivity contribution in [1.82, 2.24) is 15.3 Å². The summed E-state index contributed by atoms with van der Waals surface area (Å²) in [4.78, 5) is 35.7. The summed E-state index contributed by atoms with van der Waals surface area (Å²) in [6, 6.07) is 12.3. The molecular formula is C33H31BrClFN4O3. The van der Waals surface area contributed by atoms with Gasteiger partial charge in [0.25, 0.3) is 5.91 Å². The third-order valence-corrected chi connectivity index (χ3v) is 9.91. The second-order valence-corrected chi connectivity index (χ2v) is 12.9. The van der Waals surface area contributed by atoms with Crippen LogP contribution < -0.4 is 15.8 Å². The highest BCUT2D eigenvalue weighted by molar-refractivity contribution is 9.10. The van der Waals surface area contributed by atoms with Gasteiger partial charge < -0.3 is 15.8 Å². The highest BCUT2D eigenvalue weighted by Gasteiger charge is 2.43. The fraction of sp³-hybridized carbons (Fsp3) is 0.333. The summed E-state index contributed by atoms with van der Waals surface area (Å²) in [5.74, 6) is -0.466. The maximum atomic E-state index is 15.4. The lowest BCUT2D eigenvalue weighted by Crippen LogP contribution is -2.36. The summed E-state index contributed by atoms with van der Waals surface area (Å²) in [5, 5.41) is 4.29. The third-order valence-electron chi connectivity index (χ3n) is 8.91. The number of fused-ring (bicyclic) bond motifs is 2. The van der Waals surface area contributed by atoms with Gasteiger partial charge in [0, 0.05) is 34.7 Å². The van der Waals surface area contributed by atoms with Crippen LogP contribution >= 0.6 is 27.5 Å². The van der Waals surface area contributed by atoms with Gasteiger partial charge in [-0.15, -0.1) is 0 Å².